The molecule has 1 aliphatic rings. The Morgan fingerprint density at radius 3 is 3.08 bits per heavy atom. The second-order valence-electron chi connectivity index (χ2n) is 5.52. The van der Waals surface area contributed by atoms with Gasteiger partial charge in [-0.15, -0.1) is 11.3 Å². The van der Waals surface area contributed by atoms with Gasteiger partial charge in [-0.05, 0) is 12.1 Å². The fourth-order valence-corrected chi connectivity index (χ4v) is 3.46. The fourth-order valence-electron chi connectivity index (χ4n) is 2.74. The number of imidazole rings is 1. The fraction of sp³-hybridized carbons (Fsp3) is 0.312. The molecule has 0 aliphatic carbocycles. The second kappa shape index (κ2) is 6.58. The number of hydrogen-bond donors (Lipinski definition) is 1. The minimum atomic E-state index is -0.0942. The zero-order chi connectivity index (χ0) is 16.4. The first-order chi connectivity index (χ1) is 11.8. The van der Waals surface area contributed by atoms with Gasteiger partial charge >= 0.3 is 0 Å². The lowest BCUT2D eigenvalue weighted by molar-refractivity contribution is -0.115. The molecule has 0 bridgehead atoms. The van der Waals surface area contributed by atoms with Gasteiger partial charge in [0.15, 0.2) is 10.8 Å². The number of thiazole rings is 1. The van der Waals surface area contributed by atoms with Crippen molar-refractivity contribution >= 4 is 33.7 Å². The zero-order valence-electron chi connectivity index (χ0n) is 13.0. The highest BCUT2D eigenvalue weighted by atomic mass is 32.1. The Hall–Kier alpha value is -2.45. The minimum absolute atomic E-state index is 0.0942. The van der Waals surface area contributed by atoms with E-state index in [1.807, 2.05) is 34.3 Å². The van der Waals surface area contributed by atoms with Crippen molar-refractivity contribution in [2.45, 2.75) is 6.42 Å². The molecule has 0 unspecified atom stereocenters. The maximum absolute atomic E-state index is 12.4. The topological polar surface area (TPSA) is 71.8 Å². The van der Waals surface area contributed by atoms with Gasteiger partial charge in [-0.1, -0.05) is 0 Å². The lowest BCUT2D eigenvalue weighted by Crippen LogP contribution is -2.37. The van der Waals surface area contributed by atoms with Crippen molar-refractivity contribution in [2.24, 2.45) is 0 Å². The number of ether oxygens (including phenoxy) is 1. The van der Waals surface area contributed by atoms with E-state index < -0.39 is 0 Å². The number of amides is 1. The van der Waals surface area contributed by atoms with E-state index in [2.05, 4.69) is 20.2 Å². The summed E-state index contributed by atoms with van der Waals surface area (Å²) in [6, 6.07) is 3.70. The Labute approximate surface area is 142 Å². The van der Waals surface area contributed by atoms with Crippen LogP contribution in [0.3, 0.4) is 0 Å². The van der Waals surface area contributed by atoms with Crippen LogP contribution in [0, 0.1) is 0 Å². The number of carbonyl (C=O) groups excluding carboxylic acids is 1. The number of aromatic nitrogens is 3. The van der Waals surface area contributed by atoms with E-state index >= 15 is 0 Å². The van der Waals surface area contributed by atoms with E-state index in [-0.39, 0.29) is 12.3 Å². The molecule has 124 valence electrons. The number of pyridine rings is 1. The average molecular weight is 343 g/mol. The lowest BCUT2D eigenvalue weighted by atomic mass is 10.3. The number of rotatable bonds is 4. The molecule has 1 amide bonds. The van der Waals surface area contributed by atoms with Gasteiger partial charge in [-0.2, -0.15) is 0 Å². The Balaban J connectivity index is 1.48. The number of nitrogens with one attached hydrogen (secondary N) is 1. The quantitative estimate of drug-likeness (QED) is 0.782. The molecule has 8 heteroatoms. The molecule has 4 rings (SSSR count). The van der Waals surface area contributed by atoms with Crippen LogP contribution in [0.25, 0.3) is 4.96 Å². The van der Waals surface area contributed by atoms with Gasteiger partial charge in [0, 0.05) is 37.1 Å². The van der Waals surface area contributed by atoms with Gasteiger partial charge < -0.3 is 15.0 Å². The maximum Gasteiger partial charge on any atom is 0.230 e. The molecule has 1 aliphatic heterocycles. The molecule has 3 aromatic rings. The summed E-state index contributed by atoms with van der Waals surface area (Å²) in [5, 5.41) is 4.93. The van der Waals surface area contributed by atoms with Crippen LogP contribution in [0.5, 0.6) is 0 Å². The van der Waals surface area contributed by atoms with Crippen molar-refractivity contribution in [1.29, 1.82) is 0 Å². The third-order valence-corrected chi connectivity index (χ3v) is 4.63. The summed E-state index contributed by atoms with van der Waals surface area (Å²) in [6.07, 6.45) is 5.80. The zero-order valence-corrected chi connectivity index (χ0v) is 13.8. The largest absolute Gasteiger partial charge is 0.378 e. The van der Waals surface area contributed by atoms with Crippen molar-refractivity contribution in [3.8, 4) is 0 Å². The van der Waals surface area contributed by atoms with Crippen LogP contribution >= 0.6 is 11.3 Å². The Morgan fingerprint density at radius 2 is 2.25 bits per heavy atom. The molecule has 0 atom stereocenters. The summed E-state index contributed by atoms with van der Waals surface area (Å²) in [5.74, 6) is 0.697. The summed E-state index contributed by atoms with van der Waals surface area (Å²) >= 11 is 1.55. The van der Waals surface area contributed by atoms with Crippen LogP contribution in [-0.4, -0.2) is 46.6 Å². The molecule has 0 aromatic carbocycles. The molecule has 0 saturated carbocycles. The number of fused-ring (bicyclic) bond motifs is 1. The van der Waals surface area contributed by atoms with Crippen LogP contribution in [0.2, 0.25) is 0 Å². The van der Waals surface area contributed by atoms with E-state index in [9.17, 15) is 4.79 Å². The van der Waals surface area contributed by atoms with Gasteiger partial charge in [-0.3, -0.25) is 9.20 Å². The molecular weight excluding hydrogens is 326 g/mol. The van der Waals surface area contributed by atoms with Crippen LogP contribution in [0.1, 0.15) is 5.69 Å². The molecular formula is C16H17N5O2S. The van der Waals surface area contributed by atoms with E-state index in [4.69, 9.17) is 4.74 Å². The number of morpholine rings is 1. The molecule has 4 heterocycles. The highest BCUT2D eigenvalue weighted by Gasteiger charge is 2.17. The highest BCUT2D eigenvalue weighted by molar-refractivity contribution is 7.15. The minimum Gasteiger partial charge on any atom is -0.378 e. The molecule has 1 N–H and O–H groups in total. The maximum atomic E-state index is 12.4. The molecule has 7 nitrogen and oxygen atoms in total. The Morgan fingerprint density at radius 1 is 1.38 bits per heavy atom. The van der Waals surface area contributed by atoms with Gasteiger partial charge in [0.25, 0.3) is 0 Å². The smallest absolute Gasteiger partial charge is 0.230 e. The summed E-state index contributed by atoms with van der Waals surface area (Å²) in [5.41, 5.74) is 1.49. The number of hydrogen-bond acceptors (Lipinski definition) is 6. The lowest BCUT2D eigenvalue weighted by Gasteiger charge is -2.29. The Kier molecular flexibility index (Phi) is 4.14. The first kappa shape index (κ1) is 15.1. The molecule has 1 fully saturated rings. The van der Waals surface area contributed by atoms with Crippen molar-refractivity contribution < 1.29 is 9.53 Å². The predicted octanol–water partition coefficient (Wildman–Crippen LogP) is 1.81. The van der Waals surface area contributed by atoms with Gasteiger partial charge in [0.1, 0.15) is 0 Å². The van der Waals surface area contributed by atoms with Gasteiger partial charge in [0.05, 0.1) is 31.0 Å². The first-order valence-corrected chi connectivity index (χ1v) is 8.66. The monoisotopic (exact) mass is 343 g/mol. The van der Waals surface area contributed by atoms with E-state index in [1.165, 1.54) is 0 Å². The third kappa shape index (κ3) is 3.10. The molecule has 3 aromatic heterocycles. The molecule has 1 saturated heterocycles. The number of nitrogens with zero attached hydrogens (tertiary/aromatic N) is 4. The second-order valence-corrected chi connectivity index (χ2v) is 6.40. The van der Waals surface area contributed by atoms with Crippen molar-refractivity contribution in [3.05, 3.63) is 41.8 Å². The van der Waals surface area contributed by atoms with Crippen molar-refractivity contribution in [1.82, 2.24) is 14.4 Å². The van der Waals surface area contributed by atoms with Crippen molar-refractivity contribution in [3.63, 3.8) is 0 Å². The molecule has 0 radical (unpaired) electrons. The Bertz CT molecular complexity index is 824. The standard InChI is InChI=1S/C16H17N5O2S/c22-14(10-12-11-21-6-9-24-16(21)18-12)19-13-2-1-3-17-15(13)20-4-7-23-8-5-20/h1-3,6,9,11H,4-5,7-8,10H2,(H,19,22). The van der Waals surface area contributed by atoms with E-state index in [0.29, 0.717) is 13.2 Å². The molecule has 0 spiro atoms. The van der Waals surface area contributed by atoms with Crippen LogP contribution in [0.15, 0.2) is 36.1 Å². The summed E-state index contributed by atoms with van der Waals surface area (Å²) in [6.45, 7) is 2.90. The van der Waals surface area contributed by atoms with Gasteiger partial charge in [-0.25, -0.2) is 9.97 Å². The normalized spacial score (nSPS) is 14.9. The first-order valence-electron chi connectivity index (χ1n) is 7.78. The third-order valence-electron chi connectivity index (χ3n) is 3.86. The summed E-state index contributed by atoms with van der Waals surface area (Å²) in [4.78, 5) is 24.3. The van der Waals surface area contributed by atoms with E-state index in [0.717, 1.165) is 35.2 Å². The molecule has 24 heavy (non-hydrogen) atoms. The summed E-state index contributed by atoms with van der Waals surface area (Å²) in [7, 11) is 0. The van der Waals surface area contributed by atoms with E-state index in [1.54, 1.807) is 17.5 Å². The average Bonchev–Trinajstić information content (AvgIpc) is 3.17. The van der Waals surface area contributed by atoms with Crippen LogP contribution in [0.4, 0.5) is 11.5 Å². The SMILES string of the molecule is O=C(Cc1cn2ccsc2n1)Nc1cccnc1N1CCOCC1. The van der Waals surface area contributed by atoms with Crippen molar-refractivity contribution in [2.75, 3.05) is 36.5 Å². The number of anilines is 2. The number of carbonyl (C=O) groups is 1. The summed E-state index contributed by atoms with van der Waals surface area (Å²) < 4.78 is 7.30. The predicted molar refractivity (Wildman–Crippen MR) is 92.7 cm³/mol. The van der Waals surface area contributed by atoms with Crippen LogP contribution in [-0.2, 0) is 16.0 Å². The highest BCUT2D eigenvalue weighted by Crippen LogP contribution is 2.23. The van der Waals surface area contributed by atoms with Gasteiger partial charge in [0.2, 0.25) is 5.91 Å². The van der Waals surface area contributed by atoms with Crippen LogP contribution < -0.4 is 10.2 Å².